The maximum absolute atomic E-state index is 10.4. The van der Waals surface area contributed by atoms with E-state index in [0.29, 0.717) is 0 Å². The fraction of sp³-hybridized carbons (Fsp3) is 0.500. The highest BCUT2D eigenvalue weighted by molar-refractivity contribution is 4.51. The average molecular weight is 81.0 g/mol. The average Bonchev–Trinajstić information content (AvgIpc) is 1.38. The number of halogens is 2. The van der Waals surface area contributed by atoms with E-state index in [9.17, 15) is 8.78 Å². The number of hydrogen-bond donors (Lipinski definition) is 1. The van der Waals surface area contributed by atoms with Gasteiger partial charge in [-0.15, -0.1) is 0 Å². The summed E-state index contributed by atoms with van der Waals surface area (Å²) in [5.41, 5.74) is 0. The number of aliphatic hydroxyl groups excluding tert-OH is 1. The summed E-state index contributed by atoms with van der Waals surface area (Å²) in [5, 5.41) is 7.36. The quantitative estimate of drug-likeness (QED) is 0.453. The van der Waals surface area contributed by atoms with Crippen molar-refractivity contribution in [2.75, 3.05) is 6.61 Å². The Morgan fingerprint density at radius 1 is 1.60 bits per heavy atom. The molecule has 0 aromatic rings. The van der Waals surface area contributed by atoms with Crippen LogP contribution in [-0.2, 0) is 0 Å². The van der Waals surface area contributed by atoms with E-state index in [-0.39, 0.29) is 0 Å². The van der Waals surface area contributed by atoms with Crippen molar-refractivity contribution >= 4 is 0 Å². The Hall–Kier alpha value is -0.310. The molecule has 0 unspecified atom stereocenters. The molecular weight excluding hydrogens is 78.0 g/mol. The smallest absolute Gasteiger partial charge is 0.350 e. The second-order valence-corrected chi connectivity index (χ2v) is 0.497. The van der Waals surface area contributed by atoms with E-state index in [1.165, 1.54) is 0 Å². The van der Waals surface area contributed by atoms with Crippen molar-refractivity contribution in [1.82, 2.24) is 0 Å². The third-order valence-electron chi connectivity index (χ3n) is 0.120. The zero-order valence-electron chi connectivity index (χ0n) is 2.41. The molecule has 5 heavy (non-hydrogen) atoms. The van der Waals surface area contributed by atoms with E-state index in [0.717, 1.165) is 0 Å². The first-order valence-electron chi connectivity index (χ1n) is 1.05. The molecule has 0 aliphatic rings. The Morgan fingerprint density at radius 3 is 1.80 bits per heavy atom. The van der Waals surface area contributed by atoms with Gasteiger partial charge in [-0.1, -0.05) is 0 Å². The van der Waals surface area contributed by atoms with Gasteiger partial charge >= 0.3 is 6.43 Å². The molecule has 0 aromatic carbocycles. The van der Waals surface area contributed by atoms with Crippen molar-refractivity contribution < 1.29 is 13.9 Å². The maximum atomic E-state index is 10.4. The van der Waals surface area contributed by atoms with Crippen LogP contribution in [0, 0.1) is 6.43 Å². The van der Waals surface area contributed by atoms with Gasteiger partial charge in [-0.25, -0.2) is 0 Å². The summed E-state index contributed by atoms with van der Waals surface area (Å²) >= 11 is 0. The van der Waals surface area contributed by atoms with Crippen molar-refractivity contribution in [3.63, 3.8) is 0 Å². The Kier molecular flexibility index (Phi) is 1.84. The molecule has 1 nitrogen and oxygen atoms in total. The highest BCUT2D eigenvalue weighted by Gasteiger charge is 2.16. The van der Waals surface area contributed by atoms with Gasteiger partial charge in [0.2, 0.25) is 0 Å². The molecule has 0 atom stereocenters. The lowest BCUT2D eigenvalue weighted by Gasteiger charge is -1.60. The van der Waals surface area contributed by atoms with Gasteiger partial charge in [-0.05, 0) is 0 Å². The lowest BCUT2D eigenvalue weighted by atomic mass is 10.8. The predicted octanol–water partition coefficient (Wildman–Crippen LogP) is 0.407. The van der Waals surface area contributed by atoms with Crippen LogP contribution in [0.25, 0.3) is 0 Å². The van der Waals surface area contributed by atoms with E-state index in [2.05, 4.69) is 0 Å². The van der Waals surface area contributed by atoms with Crippen molar-refractivity contribution in [3.05, 3.63) is 6.43 Å². The molecule has 0 amide bonds. The molecule has 0 aliphatic heterocycles. The van der Waals surface area contributed by atoms with Gasteiger partial charge in [0.05, 0.1) is 0 Å². The van der Waals surface area contributed by atoms with Crippen LogP contribution in [0.15, 0.2) is 0 Å². The van der Waals surface area contributed by atoms with Crippen molar-refractivity contribution in [2.24, 2.45) is 0 Å². The molecule has 3 heteroatoms. The maximum Gasteiger partial charge on any atom is 0.532 e. The highest BCUT2D eigenvalue weighted by atomic mass is 19.3. The molecule has 30 valence electrons. The van der Waals surface area contributed by atoms with Crippen LogP contribution in [0.3, 0.4) is 0 Å². The topological polar surface area (TPSA) is 20.2 Å². The second-order valence-electron chi connectivity index (χ2n) is 0.497. The number of hydrogen-bond acceptors (Lipinski definition) is 1. The molecule has 0 aliphatic carbocycles. The van der Waals surface area contributed by atoms with Gasteiger partial charge in [0.15, 0.2) is 0 Å². The summed E-state index contributed by atoms with van der Waals surface area (Å²) in [6.45, 7) is -1.11. The van der Waals surface area contributed by atoms with Crippen LogP contribution in [0.5, 0.6) is 0 Å². The van der Waals surface area contributed by atoms with Crippen LogP contribution in [-0.4, -0.2) is 11.7 Å². The van der Waals surface area contributed by atoms with Gasteiger partial charge in [0, 0.05) is 8.78 Å². The summed E-state index contributed by atoms with van der Waals surface area (Å²) in [6.07, 6.45) is -1.94. The van der Waals surface area contributed by atoms with Crippen molar-refractivity contribution in [2.45, 2.75) is 0 Å². The Morgan fingerprint density at radius 2 is 1.80 bits per heavy atom. The first-order chi connectivity index (χ1) is 2.27. The molecule has 0 saturated carbocycles. The SMILES string of the molecule is OC[C+](F)F. The van der Waals surface area contributed by atoms with Crippen LogP contribution < -0.4 is 0 Å². The molecule has 0 heterocycles. The largest absolute Gasteiger partial charge is 0.532 e. The van der Waals surface area contributed by atoms with Crippen LogP contribution in [0.4, 0.5) is 8.78 Å². The summed E-state index contributed by atoms with van der Waals surface area (Å²) in [6, 6.07) is 0. The van der Waals surface area contributed by atoms with Gasteiger partial charge in [-0.3, -0.25) is 0 Å². The fourth-order valence-electron chi connectivity index (χ4n) is 0. The van der Waals surface area contributed by atoms with E-state index in [1.54, 1.807) is 0 Å². The van der Waals surface area contributed by atoms with E-state index in [1.807, 2.05) is 0 Å². The zero-order chi connectivity index (χ0) is 4.28. The van der Waals surface area contributed by atoms with Crippen LogP contribution in [0.1, 0.15) is 0 Å². The minimum atomic E-state index is -1.94. The molecule has 0 saturated heterocycles. The summed E-state index contributed by atoms with van der Waals surface area (Å²) < 4.78 is 20.9. The lowest BCUT2D eigenvalue weighted by Crippen LogP contribution is -1.83. The van der Waals surface area contributed by atoms with Gasteiger partial charge in [0.1, 0.15) is 0 Å². The van der Waals surface area contributed by atoms with E-state index in [4.69, 9.17) is 5.11 Å². The monoisotopic (exact) mass is 81.0 g/mol. The molecule has 0 aromatic heterocycles. The molecule has 0 fully saturated rings. The number of aliphatic hydroxyl groups is 1. The van der Waals surface area contributed by atoms with Crippen molar-refractivity contribution in [3.8, 4) is 0 Å². The van der Waals surface area contributed by atoms with Crippen molar-refractivity contribution in [1.29, 1.82) is 0 Å². The lowest BCUT2D eigenvalue weighted by molar-refractivity contribution is 0.169. The molecule has 0 radical (unpaired) electrons. The van der Waals surface area contributed by atoms with E-state index >= 15 is 0 Å². The highest BCUT2D eigenvalue weighted by Crippen LogP contribution is 1.96. The fourth-order valence-corrected chi connectivity index (χ4v) is 0. The second kappa shape index (κ2) is 1.96. The minimum absolute atomic E-state index is 1.11. The molecule has 0 rings (SSSR count). The van der Waals surface area contributed by atoms with Crippen LogP contribution in [0.2, 0.25) is 0 Å². The van der Waals surface area contributed by atoms with E-state index < -0.39 is 13.0 Å². The summed E-state index contributed by atoms with van der Waals surface area (Å²) in [5.74, 6) is 0. The minimum Gasteiger partial charge on any atom is -0.350 e. The normalized spacial score (nSPS) is 7.80. The van der Waals surface area contributed by atoms with Gasteiger partial charge in [-0.2, -0.15) is 0 Å². The Bertz CT molecular complexity index is 21.6. The zero-order valence-corrected chi connectivity index (χ0v) is 2.41. The van der Waals surface area contributed by atoms with Gasteiger partial charge in [0.25, 0.3) is 6.61 Å². The Labute approximate surface area is 28.2 Å². The molecule has 1 N–H and O–H groups in total. The summed E-state index contributed by atoms with van der Waals surface area (Å²) in [7, 11) is 0. The van der Waals surface area contributed by atoms with Gasteiger partial charge < -0.3 is 5.11 Å². The molecular formula is C2H3F2O+. The Balaban J connectivity index is 2.54. The number of rotatable bonds is 1. The first-order valence-corrected chi connectivity index (χ1v) is 1.05. The molecule has 0 spiro atoms. The third-order valence-corrected chi connectivity index (χ3v) is 0.120. The predicted molar refractivity (Wildman–Crippen MR) is 12.5 cm³/mol. The summed E-state index contributed by atoms with van der Waals surface area (Å²) in [4.78, 5) is 0. The molecule has 0 bridgehead atoms. The van der Waals surface area contributed by atoms with Crippen LogP contribution >= 0.6 is 0 Å². The first kappa shape index (κ1) is 4.69. The third kappa shape index (κ3) is 3.69. The standard InChI is InChI=1S/C2H3F2O/c3-2(4)1-5/h5H,1H2/q+1.